The first kappa shape index (κ1) is 14.1. The number of aliphatic carboxylic acids is 1. The molecule has 1 aromatic heterocycles. The number of rotatable bonds is 5. The molecule has 1 aromatic rings. The van der Waals surface area contributed by atoms with E-state index in [4.69, 9.17) is 0 Å². The van der Waals surface area contributed by atoms with Crippen molar-refractivity contribution in [1.82, 2.24) is 9.78 Å². The van der Waals surface area contributed by atoms with Crippen molar-refractivity contribution < 1.29 is 9.90 Å². The molecule has 3 atom stereocenters. The Balaban J connectivity index is 2.17. The minimum absolute atomic E-state index is 0.142. The van der Waals surface area contributed by atoms with E-state index in [0.29, 0.717) is 5.92 Å². The second-order valence-corrected chi connectivity index (χ2v) is 5.65. The lowest BCUT2D eigenvalue weighted by Crippen LogP contribution is -2.29. The van der Waals surface area contributed by atoms with Crippen LogP contribution in [0, 0.1) is 11.8 Å². The van der Waals surface area contributed by atoms with Crippen molar-refractivity contribution >= 4 is 5.97 Å². The molecule has 0 radical (unpaired) electrons. The Morgan fingerprint density at radius 2 is 2.26 bits per heavy atom. The van der Waals surface area contributed by atoms with Gasteiger partial charge in [-0.05, 0) is 37.7 Å². The summed E-state index contributed by atoms with van der Waals surface area (Å²) in [4.78, 5) is 11.5. The fraction of sp³-hybridized carbons (Fsp3) is 0.733. The summed E-state index contributed by atoms with van der Waals surface area (Å²) in [5.74, 6) is -0.0644. The van der Waals surface area contributed by atoms with E-state index in [9.17, 15) is 9.90 Å². The van der Waals surface area contributed by atoms with Crippen molar-refractivity contribution in [3.8, 4) is 0 Å². The summed E-state index contributed by atoms with van der Waals surface area (Å²) >= 11 is 0. The van der Waals surface area contributed by atoms with Crippen LogP contribution in [-0.2, 0) is 11.3 Å². The standard InChI is InChI=1S/C15H24N2O2/c1-3-5-11-6-7-13(15(18)19)14(8-11)12-9-16-17(4-2)10-12/h9-11,13-14H,3-8H2,1-2H3,(H,18,19). The maximum Gasteiger partial charge on any atom is 0.307 e. The third-order valence-corrected chi connectivity index (χ3v) is 4.38. The van der Waals surface area contributed by atoms with Gasteiger partial charge in [0, 0.05) is 18.7 Å². The lowest BCUT2D eigenvalue weighted by Gasteiger charge is -2.33. The molecule has 0 aromatic carbocycles. The van der Waals surface area contributed by atoms with E-state index in [1.165, 1.54) is 12.8 Å². The van der Waals surface area contributed by atoms with Crippen molar-refractivity contribution in [2.45, 2.75) is 58.4 Å². The quantitative estimate of drug-likeness (QED) is 0.887. The van der Waals surface area contributed by atoms with Crippen LogP contribution in [0.25, 0.3) is 0 Å². The molecule has 1 aliphatic rings. The molecule has 1 fully saturated rings. The number of carboxylic acids is 1. The molecule has 1 heterocycles. The lowest BCUT2D eigenvalue weighted by atomic mass is 9.70. The van der Waals surface area contributed by atoms with Crippen LogP contribution in [0.15, 0.2) is 12.4 Å². The summed E-state index contributed by atoms with van der Waals surface area (Å²) in [6.07, 6.45) is 9.15. The Bertz CT molecular complexity index is 428. The molecule has 0 aliphatic heterocycles. The van der Waals surface area contributed by atoms with Gasteiger partial charge in [-0.2, -0.15) is 5.10 Å². The van der Waals surface area contributed by atoms with Crippen LogP contribution in [0.3, 0.4) is 0 Å². The third-order valence-electron chi connectivity index (χ3n) is 4.38. The monoisotopic (exact) mass is 264 g/mol. The minimum atomic E-state index is -0.649. The van der Waals surface area contributed by atoms with Crippen LogP contribution < -0.4 is 0 Å². The number of carbonyl (C=O) groups is 1. The van der Waals surface area contributed by atoms with E-state index in [-0.39, 0.29) is 11.8 Å². The summed E-state index contributed by atoms with van der Waals surface area (Å²) in [5.41, 5.74) is 1.11. The van der Waals surface area contributed by atoms with Crippen LogP contribution >= 0.6 is 0 Å². The molecule has 3 unspecified atom stereocenters. The molecule has 1 aliphatic carbocycles. The van der Waals surface area contributed by atoms with Crippen molar-refractivity contribution in [1.29, 1.82) is 0 Å². The zero-order valence-corrected chi connectivity index (χ0v) is 11.9. The summed E-state index contributed by atoms with van der Waals surface area (Å²) < 4.78 is 1.89. The molecule has 2 rings (SSSR count). The highest BCUT2D eigenvalue weighted by Gasteiger charge is 2.36. The topological polar surface area (TPSA) is 55.1 Å². The van der Waals surface area contributed by atoms with Crippen LogP contribution in [0.4, 0.5) is 0 Å². The first-order chi connectivity index (χ1) is 9.15. The Kier molecular flexibility index (Phi) is 4.61. The van der Waals surface area contributed by atoms with Gasteiger partial charge in [0.15, 0.2) is 0 Å². The number of carboxylic acid groups (broad SMARTS) is 1. The summed E-state index contributed by atoms with van der Waals surface area (Å²) in [6, 6.07) is 0. The third kappa shape index (κ3) is 3.17. The van der Waals surface area contributed by atoms with Gasteiger partial charge in [-0.3, -0.25) is 9.48 Å². The smallest absolute Gasteiger partial charge is 0.307 e. The van der Waals surface area contributed by atoms with Gasteiger partial charge in [0.2, 0.25) is 0 Å². The summed E-state index contributed by atoms with van der Waals surface area (Å²) in [7, 11) is 0. The van der Waals surface area contributed by atoms with Gasteiger partial charge in [-0.15, -0.1) is 0 Å². The number of nitrogens with zero attached hydrogens (tertiary/aromatic N) is 2. The summed E-state index contributed by atoms with van der Waals surface area (Å²) in [6.45, 7) is 5.09. The van der Waals surface area contributed by atoms with Crippen LogP contribution in [-0.4, -0.2) is 20.9 Å². The molecule has 0 saturated heterocycles. The van der Waals surface area contributed by atoms with E-state index >= 15 is 0 Å². The Morgan fingerprint density at radius 1 is 1.47 bits per heavy atom. The predicted molar refractivity (Wildman–Crippen MR) is 74.0 cm³/mol. The SMILES string of the molecule is CCCC1CCC(C(=O)O)C(c2cnn(CC)c2)C1. The molecule has 4 heteroatoms. The zero-order chi connectivity index (χ0) is 13.8. The number of hydrogen-bond donors (Lipinski definition) is 1. The van der Waals surface area contributed by atoms with Gasteiger partial charge >= 0.3 is 5.97 Å². The molecule has 0 bridgehead atoms. The average Bonchev–Trinajstić information content (AvgIpc) is 2.87. The zero-order valence-electron chi connectivity index (χ0n) is 11.9. The van der Waals surface area contributed by atoms with Gasteiger partial charge in [-0.1, -0.05) is 19.8 Å². The maximum atomic E-state index is 11.5. The van der Waals surface area contributed by atoms with Crippen LogP contribution in [0.1, 0.15) is 57.4 Å². The largest absolute Gasteiger partial charge is 0.481 e. The van der Waals surface area contributed by atoms with Crippen molar-refractivity contribution in [3.63, 3.8) is 0 Å². The fourth-order valence-electron chi connectivity index (χ4n) is 3.34. The van der Waals surface area contributed by atoms with Crippen molar-refractivity contribution in [2.24, 2.45) is 11.8 Å². The average molecular weight is 264 g/mol. The molecule has 106 valence electrons. The normalized spacial score (nSPS) is 27.4. The summed E-state index contributed by atoms with van der Waals surface area (Å²) in [5, 5.41) is 13.7. The number of aromatic nitrogens is 2. The van der Waals surface area contributed by atoms with E-state index < -0.39 is 5.97 Å². The number of aryl methyl sites for hydroxylation is 1. The van der Waals surface area contributed by atoms with E-state index in [0.717, 1.165) is 31.4 Å². The van der Waals surface area contributed by atoms with E-state index in [2.05, 4.69) is 12.0 Å². The Morgan fingerprint density at radius 3 is 2.84 bits per heavy atom. The van der Waals surface area contributed by atoms with E-state index in [1.54, 1.807) is 0 Å². The molecular formula is C15H24N2O2. The molecular weight excluding hydrogens is 240 g/mol. The van der Waals surface area contributed by atoms with Gasteiger partial charge in [0.05, 0.1) is 12.1 Å². The van der Waals surface area contributed by atoms with Crippen molar-refractivity contribution in [2.75, 3.05) is 0 Å². The van der Waals surface area contributed by atoms with Gasteiger partial charge in [0.1, 0.15) is 0 Å². The first-order valence-corrected chi connectivity index (χ1v) is 7.40. The lowest BCUT2D eigenvalue weighted by molar-refractivity contribution is -0.143. The second-order valence-electron chi connectivity index (χ2n) is 5.65. The fourth-order valence-corrected chi connectivity index (χ4v) is 3.34. The highest BCUT2D eigenvalue weighted by atomic mass is 16.4. The van der Waals surface area contributed by atoms with Gasteiger partial charge in [-0.25, -0.2) is 0 Å². The highest BCUT2D eigenvalue weighted by Crippen LogP contribution is 2.42. The molecule has 19 heavy (non-hydrogen) atoms. The van der Waals surface area contributed by atoms with Crippen LogP contribution in [0.5, 0.6) is 0 Å². The minimum Gasteiger partial charge on any atom is -0.481 e. The van der Waals surface area contributed by atoms with Crippen molar-refractivity contribution in [3.05, 3.63) is 18.0 Å². The molecule has 4 nitrogen and oxygen atoms in total. The molecule has 1 saturated carbocycles. The van der Waals surface area contributed by atoms with Crippen LogP contribution in [0.2, 0.25) is 0 Å². The Hall–Kier alpha value is -1.32. The maximum absolute atomic E-state index is 11.5. The molecule has 0 spiro atoms. The second kappa shape index (κ2) is 6.22. The molecule has 0 amide bonds. The van der Waals surface area contributed by atoms with E-state index in [1.807, 2.05) is 24.0 Å². The Labute approximate surface area is 114 Å². The highest BCUT2D eigenvalue weighted by molar-refractivity contribution is 5.71. The molecule has 1 N–H and O–H groups in total. The first-order valence-electron chi connectivity index (χ1n) is 7.40. The predicted octanol–water partition coefficient (Wildman–Crippen LogP) is 3.29. The number of hydrogen-bond acceptors (Lipinski definition) is 2. The van der Waals surface area contributed by atoms with Gasteiger partial charge < -0.3 is 5.11 Å². The van der Waals surface area contributed by atoms with Gasteiger partial charge in [0.25, 0.3) is 0 Å².